The molecule has 11 heteroatoms. The molecule has 1 fully saturated rings. The predicted octanol–water partition coefficient (Wildman–Crippen LogP) is -0.356. The Morgan fingerprint density at radius 1 is 1.30 bits per heavy atom. The number of aliphatic hydroxyl groups excluding tert-OH is 3. The zero-order valence-corrected chi connectivity index (χ0v) is 15.5. The molecule has 2 aromatic rings. The van der Waals surface area contributed by atoms with Crippen molar-refractivity contribution in [3.63, 3.8) is 0 Å². The van der Waals surface area contributed by atoms with E-state index in [4.69, 9.17) is 10.5 Å². The van der Waals surface area contributed by atoms with Gasteiger partial charge in [0.05, 0.1) is 12.9 Å². The minimum atomic E-state index is -1.21. The third kappa shape index (κ3) is 4.39. The predicted molar refractivity (Wildman–Crippen MR) is 101 cm³/mol. The van der Waals surface area contributed by atoms with Crippen molar-refractivity contribution in [3.8, 4) is 0 Å². The minimum Gasteiger partial charge on any atom is -0.412 e. The molecule has 0 amide bonds. The molecular weight excluding hydrogens is 374 g/mol. The number of aliphatic hydroxyl groups is 3. The lowest BCUT2D eigenvalue weighted by Gasteiger charge is -2.16. The molecule has 10 nitrogen and oxygen atoms in total. The van der Waals surface area contributed by atoms with E-state index in [-0.39, 0.29) is 11.3 Å². The summed E-state index contributed by atoms with van der Waals surface area (Å²) >= 11 is 1.49. The maximum Gasteiger partial charge on any atom is 0.191 e. The standard InChI is InChI=1S/C16H23N5O4S.H2O/c1-2-3-4-5-6-26-16-19-13(17)10-14(20-16)21(8-18-10)15-12(24)11(23)9(7-22)25-15;/h2,8-9,11-12,15,22-24H,1,3-7H2,(H2,17,19,20);1H2/t9-,11?,12?,15-;/m1./s1. The lowest BCUT2D eigenvalue weighted by atomic mass is 10.1. The Bertz CT molecular complexity index is 773. The minimum absolute atomic E-state index is 0. The lowest BCUT2D eigenvalue weighted by Crippen LogP contribution is -2.33. The first-order valence-corrected chi connectivity index (χ1v) is 9.41. The molecule has 150 valence electrons. The van der Waals surface area contributed by atoms with Gasteiger partial charge < -0.3 is 31.3 Å². The van der Waals surface area contributed by atoms with E-state index >= 15 is 0 Å². The number of rotatable bonds is 8. The normalized spacial score (nSPS) is 24.9. The lowest BCUT2D eigenvalue weighted by molar-refractivity contribution is -0.0511. The average molecular weight is 399 g/mol. The second-order valence-corrected chi connectivity index (χ2v) is 7.14. The first-order valence-electron chi connectivity index (χ1n) is 8.43. The molecular formula is C16H25N5O5S. The second-order valence-electron chi connectivity index (χ2n) is 6.08. The van der Waals surface area contributed by atoms with Gasteiger partial charge in [0.15, 0.2) is 22.8 Å². The number of ether oxygens (including phenoxy) is 1. The molecule has 4 atom stereocenters. The Hall–Kier alpha value is -1.76. The van der Waals surface area contributed by atoms with Crippen LogP contribution in [-0.2, 0) is 4.74 Å². The molecule has 0 aliphatic carbocycles. The SMILES string of the molecule is C=CCCCCSc1nc(N)c2ncn([C@@H]3O[C@H](CO)C(O)C3O)c2n1.O. The molecule has 3 heterocycles. The van der Waals surface area contributed by atoms with E-state index in [1.54, 1.807) is 0 Å². The van der Waals surface area contributed by atoms with Crippen LogP contribution < -0.4 is 5.73 Å². The van der Waals surface area contributed by atoms with Gasteiger partial charge in [0.2, 0.25) is 0 Å². The third-order valence-electron chi connectivity index (χ3n) is 4.25. The molecule has 7 N–H and O–H groups in total. The van der Waals surface area contributed by atoms with Gasteiger partial charge in [-0.1, -0.05) is 17.8 Å². The molecule has 27 heavy (non-hydrogen) atoms. The Balaban J connectivity index is 0.00000261. The summed E-state index contributed by atoms with van der Waals surface area (Å²) in [6.45, 7) is 3.30. The van der Waals surface area contributed by atoms with Gasteiger partial charge >= 0.3 is 0 Å². The molecule has 1 saturated heterocycles. The number of anilines is 1. The number of nitrogen functional groups attached to an aromatic ring is 1. The fraction of sp³-hybridized carbons (Fsp3) is 0.562. The van der Waals surface area contributed by atoms with Gasteiger partial charge in [-0.15, -0.1) is 6.58 Å². The highest BCUT2D eigenvalue weighted by molar-refractivity contribution is 7.99. The third-order valence-corrected chi connectivity index (χ3v) is 5.19. The Morgan fingerprint density at radius 3 is 2.74 bits per heavy atom. The van der Waals surface area contributed by atoms with Crippen molar-refractivity contribution in [1.29, 1.82) is 0 Å². The smallest absolute Gasteiger partial charge is 0.191 e. The quantitative estimate of drug-likeness (QED) is 0.200. The van der Waals surface area contributed by atoms with Crippen LogP contribution >= 0.6 is 11.8 Å². The Labute approximate surface area is 160 Å². The maximum absolute atomic E-state index is 10.2. The van der Waals surface area contributed by atoms with Crippen LogP contribution in [-0.4, -0.2) is 71.0 Å². The van der Waals surface area contributed by atoms with Crippen LogP contribution in [0, 0.1) is 0 Å². The van der Waals surface area contributed by atoms with Crippen LogP contribution in [0.3, 0.4) is 0 Å². The Kier molecular flexibility index (Phi) is 7.53. The van der Waals surface area contributed by atoms with Gasteiger partial charge in [-0.25, -0.2) is 15.0 Å². The number of aromatic nitrogens is 4. The topological polar surface area (TPSA) is 171 Å². The summed E-state index contributed by atoms with van der Waals surface area (Å²) in [4.78, 5) is 12.9. The fourth-order valence-corrected chi connectivity index (χ4v) is 3.68. The zero-order chi connectivity index (χ0) is 18.7. The van der Waals surface area contributed by atoms with Gasteiger partial charge in [-0.05, 0) is 19.3 Å². The number of imidazole rings is 1. The molecule has 2 aromatic heterocycles. The molecule has 0 spiro atoms. The maximum atomic E-state index is 10.2. The van der Waals surface area contributed by atoms with E-state index in [0.717, 1.165) is 25.0 Å². The first-order chi connectivity index (χ1) is 12.6. The van der Waals surface area contributed by atoms with Crippen LogP contribution in [0.2, 0.25) is 0 Å². The van der Waals surface area contributed by atoms with E-state index in [9.17, 15) is 15.3 Å². The van der Waals surface area contributed by atoms with Gasteiger partial charge in [0.25, 0.3) is 0 Å². The number of nitrogens with two attached hydrogens (primary N) is 1. The fourth-order valence-electron chi connectivity index (χ4n) is 2.83. The molecule has 3 rings (SSSR count). The summed E-state index contributed by atoms with van der Waals surface area (Å²) in [5.74, 6) is 1.09. The number of hydrogen-bond acceptors (Lipinski definition) is 9. The molecule has 2 unspecified atom stereocenters. The number of unbranched alkanes of at least 4 members (excludes halogenated alkanes) is 2. The highest BCUT2D eigenvalue weighted by Crippen LogP contribution is 2.32. The van der Waals surface area contributed by atoms with Crippen LogP contribution in [0.15, 0.2) is 24.1 Å². The van der Waals surface area contributed by atoms with Crippen molar-refractivity contribution in [2.45, 2.75) is 49.0 Å². The summed E-state index contributed by atoms with van der Waals surface area (Å²) < 4.78 is 7.06. The van der Waals surface area contributed by atoms with E-state index in [1.807, 2.05) is 6.08 Å². The van der Waals surface area contributed by atoms with Gasteiger partial charge in [0, 0.05) is 5.75 Å². The van der Waals surface area contributed by atoms with Crippen LogP contribution in [0.25, 0.3) is 11.2 Å². The number of fused-ring (bicyclic) bond motifs is 1. The highest BCUT2D eigenvalue weighted by atomic mass is 32.2. The van der Waals surface area contributed by atoms with E-state index in [2.05, 4.69) is 21.5 Å². The van der Waals surface area contributed by atoms with E-state index in [0.29, 0.717) is 16.3 Å². The zero-order valence-electron chi connectivity index (χ0n) is 14.7. The average Bonchev–Trinajstić information content (AvgIpc) is 3.17. The number of hydrogen-bond donors (Lipinski definition) is 4. The molecule has 1 aliphatic rings. The molecule has 0 radical (unpaired) electrons. The van der Waals surface area contributed by atoms with Gasteiger partial charge in [0.1, 0.15) is 23.8 Å². The summed E-state index contributed by atoms with van der Waals surface area (Å²) in [7, 11) is 0. The van der Waals surface area contributed by atoms with Crippen molar-refractivity contribution >= 4 is 28.7 Å². The first kappa shape index (κ1) is 21.5. The van der Waals surface area contributed by atoms with Crippen molar-refractivity contribution < 1.29 is 25.5 Å². The van der Waals surface area contributed by atoms with Crippen LogP contribution in [0.4, 0.5) is 5.82 Å². The second kappa shape index (κ2) is 9.44. The summed E-state index contributed by atoms with van der Waals surface area (Å²) in [6, 6.07) is 0. The van der Waals surface area contributed by atoms with Gasteiger partial charge in [-0.3, -0.25) is 4.57 Å². The van der Waals surface area contributed by atoms with Crippen molar-refractivity contribution in [3.05, 3.63) is 19.0 Å². The van der Waals surface area contributed by atoms with Crippen molar-refractivity contribution in [1.82, 2.24) is 19.5 Å². The van der Waals surface area contributed by atoms with Gasteiger partial charge in [-0.2, -0.15) is 0 Å². The monoisotopic (exact) mass is 399 g/mol. The van der Waals surface area contributed by atoms with Crippen molar-refractivity contribution in [2.24, 2.45) is 0 Å². The van der Waals surface area contributed by atoms with Crippen molar-refractivity contribution in [2.75, 3.05) is 18.1 Å². The summed E-state index contributed by atoms with van der Waals surface area (Å²) in [6.07, 6.45) is 2.18. The molecule has 0 saturated carbocycles. The number of nitrogens with zero attached hydrogens (tertiary/aromatic N) is 4. The molecule has 1 aliphatic heterocycles. The largest absolute Gasteiger partial charge is 0.412 e. The number of thioether (sulfide) groups is 1. The summed E-state index contributed by atoms with van der Waals surface area (Å²) in [5.41, 5.74) is 6.81. The van der Waals surface area contributed by atoms with E-state index < -0.39 is 31.1 Å². The summed E-state index contributed by atoms with van der Waals surface area (Å²) in [5, 5.41) is 30.0. The van der Waals surface area contributed by atoms with Crippen LogP contribution in [0.1, 0.15) is 25.5 Å². The molecule has 0 bridgehead atoms. The molecule has 0 aromatic carbocycles. The van der Waals surface area contributed by atoms with Crippen LogP contribution in [0.5, 0.6) is 0 Å². The Morgan fingerprint density at radius 2 is 2.07 bits per heavy atom. The highest BCUT2D eigenvalue weighted by Gasteiger charge is 2.44. The van der Waals surface area contributed by atoms with E-state index in [1.165, 1.54) is 22.7 Å². The number of allylic oxidation sites excluding steroid dienone is 1.